The quantitative estimate of drug-likeness (QED) is 0.471. The molecule has 1 fully saturated rings. The van der Waals surface area contributed by atoms with Crippen LogP contribution >= 0.6 is 0 Å². The third-order valence-electron chi connectivity index (χ3n) is 5.83. The van der Waals surface area contributed by atoms with Gasteiger partial charge < -0.3 is 20.4 Å². The van der Waals surface area contributed by atoms with E-state index in [1.807, 2.05) is 37.3 Å². The molecule has 4 N–H and O–H groups in total. The molecular formula is C23H31FN4O2+2. The van der Waals surface area contributed by atoms with Gasteiger partial charge in [-0.15, -0.1) is 0 Å². The maximum absolute atomic E-state index is 13.4. The lowest BCUT2D eigenvalue weighted by atomic mass is 10.0. The van der Waals surface area contributed by atoms with Crippen molar-refractivity contribution in [1.82, 2.24) is 10.6 Å². The van der Waals surface area contributed by atoms with Gasteiger partial charge in [0, 0.05) is 5.56 Å². The van der Waals surface area contributed by atoms with Gasteiger partial charge in [0.15, 0.2) is 0 Å². The third kappa shape index (κ3) is 5.87. The van der Waals surface area contributed by atoms with E-state index in [0.717, 1.165) is 37.3 Å². The second-order valence-electron chi connectivity index (χ2n) is 8.04. The molecule has 1 heterocycles. The lowest BCUT2D eigenvalue weighted by Gasteiger charge is -2.33. The summed E-state index contributed by atoms with van der Waals surface area (Å²) in [4.78, 5) is 27.6. The molecule has 3 rings (SSSR count). The Morgan fingerprint density at radius 1 is 0.933 bits per heavy atom. The number of hydrogen-bond acceptors (Lipinski definition) is 2. The van der Waals surface area contributed by atoms with Crippen molar-refractivity contribution in [2.24, 2.45) is 0 Å². The predicted octanol–water partition coefficient (Wildman–Crippen LogP) is -0.726. The van der Waals surface area contributed by atoms with Crippen molar-refractivity contribution in [2.75, 3.05) is 39.8 Å². The minimum atomic E-state index is -0.651. The molecule has 0 unspecified atom stereocenters. The predicted molar refractivity (Wildman–Crippen MR) is 112 cm³/mol. The van der Waals surface area contributed by atoms with Gasteiger partial charge in [-0.05, 0) is 24.6 Å². The molecule has 0 saturated carbocycles. The number of nitrogens with one attached hydrogen (secondary N) is 4. The first-order valence-electron chi connectivity index (χ1n) is 10.5. The molecule has 0 bridgehead atoms. The van der Waals surface area contributed by atoms with Crippen molar-refractivity contribution in [3.05, 3.63) is 71.5 Å². The summed E-state index contributed by atoms with van der Waals surface area (Å²) < 4.78 is 13.4. The summed E-state index contributed by atoms with van der Waals surface area (Å²) in [5.74, 6) is -1.58. The van der Waals surface area contributed by atoms with Crippen LogP contribution in [-0.2, 0) is 9.59 Å². The van der Waals surface area contributed by atoms with E-state index in [1.54, 1.807) is 12.1 Å². The Morgan fingerprint density at radius 3 is 2.20 bits per heavy atom. The molecule has 2 aromatic carbocycles. The smallest absolute Gasteiger partial charge is 0.309 e. The summed E-state index contributed by atoms with van der Waals surface area (Å²) in [7, 11) is 2.17. The monoisotopic (exact) mass is 414 g/mol. The van der Waals surface area contributed by atoms with Crippen LogP contribution in [0.25, 0.3) is 0 Å². The molecule has 0 aliphatic carbocycles. The van der Waals surface area contributed by atoms with Crippen LogP contribution < -0.4 is 20.4 Å². The van der Waals surface area contributed by atoms with Crippen LogP contribution in [0.3, 0.4) is 0 Å². The molecule has 6 nitrogen and oxygen atoms in total. The molecule has 1 saturated heterocycles. The Hall–Kier alpha value is -2.77. The summed E-state index contributed by atoms with van der Waals surface area (Å²) >= 11 is 0. The fourth-order valence-corrected chi connectivity index (χ4v) is 3.90. The fraction of sp³-hybridized carbons (Fsp3) is 0.391. The highest BCUT2D eigenvalue weighted by Crippen LogP contribution is 2.12. The highest BCUT2D eigenvalue weighted by atomic mass is 19.1. The largest absolute Gasteiger partial charge is 0.341 e. The average molecular weight is 415 g/mol. The topological polar surface area (TPSA) is 67.1 Å². The summed E-state index contributed by atoms with van der Waals surface area (Å²) in [5, 5.41) is 5.53. The number of benzene rings is 2. The van der Waals surface area contributed by atoms with E-state index in [-0.39, 0.29) is 17.9 Å². The molecule has 0 spiro atoms. The van der Waals surface area contributed by atoms with Gasteiger partial charge in [0.1, 0.15) is 38.0 Å². The number of hydrogen-bond donors (Lipinski definition) is 4. The van der Waals surface area contributed by atoms with Crippen molar-refractivity contribution in [3.8, 4) is 0 Å². The molecule has 30 heavy (non-hydrogen) atoms. The van der Waals surface area contributed by atoms with Crippen LogP contribution in [-0.4, -0.2) is 51.6 Å². The Bertz CT molecular complexity index is 836. The Balaban J connectivity index is 1.62. The lowest BCUT2D eigenvalue weighted by molar-refractivity contribution is -1.02. The molecule has 0 radical (unpaired) electrons. The molecule has 1 aliphatic heterocycles. The zero-order valence-electron chi connectivity index (χ0n) is 17.6. The average Bonchev–Trinajstić information content (AvgIpc) is 2.76. The van der Waals surface area contributed by atoms with E-state index in [0.29, 0.717) is 6.54 Å². The van der Waals surface area contributed by atoms with E-state index in [1.165, 1.54) is 21.9 Å². The Labute approximate surface area is 177 Å². The van der Waals surface area contributed by atoms with Gasteiger partial charge in [-0.25, -0.2) is 4.39 Å². The molecule has 7 heteroatoms. The van der Waals surface area contributed by atoms with Crippen LogP contribution in [0, 0.1) is 5.82 Å². The first kappa shape index (κ1) is 21.9. The van der Waals surface area contributed by atoms with Gasteiger partial charge >= 0.3 is 11.8 Å². The standard InChI is InChI=1S/C23H29FN4O2/c1-17(18-6-4-3-5-7-18)26-23(30)22(29)25-16-21(19-8-10-20(24)11-9-19)28-14-12-27(2)13-15-28/h3-11,17,21H,12-16H2,1-2H3,(H,25,29)(H,26,30)/p+2/t17-,21-/m1/s1. The summed E-state index contributed by atoms with van der Waals surface area (Å²) in [6, 6.07) is 15.6. The number of carbonyl (C=O) groups excluding carboxylic acids is 2. The highest BCUT2D eigenvalue weighted by Gasteiger charge is 2.30. The number of halogens is 1. The summed E-state index contributed by atoms with van der Waals surface area (Å²) in [6.07, 6.45) is 0. The van der Waals surface area contributed by atoms with Gasteiger partial charge in [0.05, 0.1) is 19.6 Å². The number of amides is 2. The highest BCUT2D eigenvalue weighted by molar-refractivity contribution is 6.35. The molecule has 2 atom stereocenters. The number of likely N-dealkylation sites (N-methyl/N-ethyl adjacent to an activating group) is 1. The SMILES string of the molecule is C[C@@H](NC(=O)C(=O)NC[C@H](c1ccc(F)cc1)[NH+]1CC[NH+](C)CC1)c1ccccc1. The molecule has 2 amide bonds. The summed E-state index contributed by atoms with van der Waals surface area (Å²) in [5.41, 5.74) is 1.90. The number of rotatable bonds is 6. The molecule has 1 aliphatic rings. The van der Waals surface area contributed by atoms with Crippen LogP contribution in [0.4, 0.5) is 4.39 Å². The maximum atomic E-state index is 13.4. The molecule has 0 aromatic heterocycles. The number of quaternary nitrogens is 2. The van der Waals surface area contributed by atoms with Gasteiger partial charge in [0.2, 0.25) is 0 Å². The molecular weight excluding hydrogens is 383 g/mol. The van der Waals surface area contributed by atoms with Crippen molar-refractivity contribution in [3.63, 3.8) is 0 Å². The van der Waals surface area contributed by atoms with Gasteiger partial charge in [-0.3, -0.25) is 9.59 Å². The number of carbonyl (C=O) groups is 2. The summed E-state index contributed by atoms with van der Waals surface area (Å²) in [6.45, 7) is 6.17. The van der Waals surface area contributed by atoms with Crippen molar-refractivity contribution < 1.29 is 23.8 Å². The fourth-order valence-electron chi connectivity index (χ4n) is 3.90. The normalized spacial score (nSPS) is 20.8. The van der Waals surface area contributed by atoms with Gasteiger partial charge in [-0.2, -0.15) is 0 Å². The van der Waals surface area contributed by atoms with E-state index < -0.39 is 11.8 Å². The maximum Gasteiger partial charge on any atom is 0.309 e. The zero-order valence-corrected chi connectivity index (χ0v) is 17.6. The minimum absolute atomic E-state index is 0.0259. The first-order valence-corrected chi connectivity index (χ1v) is 10.5. The van der Waals surface area contributed by atoms with Crippen LogP contribution in [0.2, 0.25) is 0 Å². The van der Waals surface area contributed by atoms with Crippen molar-refractivity contribution in [1.29, 1.82) is 0 Å². The zero-order chi connectivity index (χ0) is 21.5. The van der Waals surface area contributed by atoms with Gasteiger partial charge in [0.25, 0.3) is 0 Å². The Morgan fingerprint density at radius 2 is 1.57 bits per heavy atom. The van der Waals surface area contributed by atoms with Crippen LogP contribution in [0.1, 0.15) is 30.1 Å². The van der Waals surface area contributed by atoms with Gasteiger partial charge in [-0.1, -0.05) is 42.5 Å². The first-order chi connectivity index (χ1) is 14.4. The lowest BCUT2D eigenvalue weighted by Crippen LogP contribution is -3.27. The molecule has 2 aromatic rings. The second kappa shape index (κ2) is 10.3. The van der Waals surface area contributed by atoms with E-state index in [9.17, 15) is 14.0 Å². The third-order valence-corrected chi connectivity index (χ3v) is 5.83. The Kier molecular flexibility index (Phi) is 7.54. The second-order valence-corrected chi connectivity index (χ2v) is 8.04. The van der Waals surface area contributed by atoms with E-state index >= 15 is 0 Å². The minimum Gasteiger partial charge on any atom is -0.341 e. The van der Waals surface area contributed by atoms with Crippen molar-refractivity contribution >= 4 is 11.8 Å². The van der Waals surface area contributed by atoms with Crippen LogP contribution in [0.5, 0.6) is 0 Å². The van der Waals surface area contributed by atoms with Crippen molar-refractivity contribution in [2.45, 2.75) is 19.0 Å². The van der Waals surface area contributed by atoms with E-state index in [4.69, 9.17) is 0 Å². The number of piperazine rings is 1. The van der Waals surface area contributed by atoms with Crippen LogP contribution in [0.15, 0.2) is 54.6 Å². The molecule has 160 valence electrons. The van der Waals surface area contributed by atoms with E-state index in [2.05, 4.69) is 17.7 Å².